The molecule has 0 radical (unpaired) electrons. The first-order chi connectivity index (χ1) is 12.1. The van der Waals surface area contributed by atoms with E-state index in [-0.39, 0.29) is 18.0 Å². The van der Waals surface area contributed by atoms with Gasteiger partial charge in [-0.3, -0.25) is 9.67 Å². The molecule has 1 aliphatic rings. The van der Waals surface area contributed by atoms with Gasteiger partial charge in [0.2, 0.25) is 0 Å². The number of nitrogens with one attached hydrogen (secondary N) is 1. The normalized spacial score (nSPS) is 17.2. The smallest absolute Gasteiger partial charge is 0.317 e. The van der Waals surface area contributed by atoms with Crippen LogP contribution in [-0.2, 0) is 24.4 Å². The highest BCUT2D eigenvalue weighted by atomic mass is 16.5. The summed E-state index contributed by atoms with van der Waals surface area (Å²) in [5.74, 6) is 0.190. The Kier molecular flexibility index (Phi) is 5.65. The zero-order valence-corrected chi connectivity index (χ0v) is 14.8. The third-order valence-electron chi connectivity index (χ3n) is 4.11. The molecule has 0 saturated carbocycles. The molecule has 0 saturated heterocycles. The highest BCUT2D eigenvalue weighted by Gasteiger charge is 2.26. The zero-order chi connectivity index (χ0) is 17.6. The summed E-state index contributed by atoms with van der Waals surface area (Å²) < 4.78 is 7.85. The van der Waals surface area contributed by atoms with Gasteiger partial charge >= 0.3 is 6.03 Å². The van der Waals surface area contributed by atoms with Crippen LogP contribution in [0.25, 0.3) is 0 Å². The van der Waals surface area contributed by atoms with Crippen molar-refractivity contribution < 1.29 is 9.53 Å². The lowest BCUT2D eigenvalue weighted by Crippen LogP contribution is -2.44. The third kappa shape index (κ3) is 4.79. The summed E-state index contributed by atoms with van der Waals surface area (Å²) >= 11 is 0. The van der Waals surface area contributed by atoms with Crippen LogP contribution in [0, 0.1) is 5.92 Å². The lowest BCUT2D eigenvalue weighted by Gasteiger charge is -2.25. The molecule has 1 N–H and O–H groups in total. The molecule has 25 heavy (non-hydrogen) atoms. The lowest BCUT2D eigenvalue weighted by atomic mass is 10.1. The largest absolute Gasteiger partial charge is 0.376 e. The maximum absolute atomic E-state index is 12.5. The number of aromatic nitrogens is 3. The van der Waals surface area contributed by atoms with Crippen LogP contribution in [0.15, 0.2) is 36.8 Å². The van der Waals surface area contributed by atoms with Crippen molar-refractivity contribution in [1.29, 1.82) is 0 Å². The molecule has 2 aromatic heterocycles. The van der Waals surface area contributed by atoms with Gasteiger partial charge in [-0.15, -0.1) is 0 Å². The van der Waals surface area contributed by atoms with Crippen LogP contribution in [-0.4, -0.2) is 44.9 Å². The summed E-state index contributed by atoms with van der Waals surface area (Å²) in [6, 6.07) is 5.93. The van der Waals surface area contributed by atoms with E-state index < -0.39 is 0 Å². The molecule has 7 nitrogen and oxygen atoms in total. The average molecular weight is 343 g/mol. The number of rotatable bonds is 5. The van der Waals surface area contributed by atoms with Gasteiger partial charge in [0, 0.05) is 43.6 Å². The second-order valence-corrected chi connectivity index (χ2v) is 6.73. The number of hydrogen-bond acceptors (Lipinski definition) is 4. The molecule has 3 heterocycles. The Bertz CT molecular complexity index is 686. The van der Waals surface area contributed by atoms with E-state index in [9.17, 15) is 4.79 Å². The van der Waals surface area contributed by atoms with Crippen molar-refractivity contribution in [1.82, 2.24) is 25.0 Å². The van der Waals surface area contributed by atoms with Gasteiger partial charge in [0.25, 0.3) is 0 Å². The average Bonchev–Trinajstić information content (AvgIpc) is 2.93. The third-order valence-corrected chi connectivity index (χ3v) is 4.11. The first-order valence-electron chi connectivity index (χ1n) is 8.64. The van der Waals surface area contributed by atoms with E-state index in [1.807, 2.05) is 41.6 Å². The van der Waals surface area contributed by atoms with Gasteiger partial charge < -0.3 is 15.0 Å². The molecule has 1 atom stereocenters. The second kappa shape index (κ2) is 8.11. The van der Waals surface area contributed by atoms with Crippen LogP contribution < -0.4 is 5.32 Å². The predicted octanol–water partition coefficient (Wildman–Crippen LogP) is 2.04. The number of urea groups is 1. The van der Waals surface area contributed by atoms with Crippen LogP contribution in [0.4, 0.5) is 4.79 Å². The minimum absolute atomic E-state index is 0.0399. The molecule has 0 spiro atoms. The zero-order valence-electron chi connectivity index (χ0n) is 14.8. The summed E-state index contributed by atoms with van der Waals surface area (Å²) in [5.41, 5.74) is 2.10. The van der Waals surface area contributed by atoms with Crippen molar-refractivity contribution in [3.05, 3.63) is 48.0 Å². The Morgan fingerprint density at radius 3 is 3.00 bits per heavy atom. The Morgan fingerprint density at radius 2 is 2.24 bits per heavy atom. The number of ether oxygens (including phenoxy) is 1. The molecule has 2 amide bonds. The fourth-order valence-electron chi connectivity index (χ4n) is 2.96. The molecule has 0 unspecified atom stereocenters. The SMILES string of the molecule is CC(C)NC(=O)N1Cc2ccnn2C[C@@H](COCc2cccnc2)C1. The molecule has 0 aliphatic carbocycles. The molecule has 134 valence electrons. The predicted molar refractivity (Wildman–Crippen MR) is 93.7 cm³/mol. The summed E-state index contributed by atoms with van der Waals surface area (Å²) in [6.07, 6.45) is 5.34. The van der Waals surface area contributed by atoms with Gasteiger partial charge in [-0.25, -0.2) is 4.79 Å². The van der Waals surface area contributed by atoms with E-state index in [0.717, 1.165) is 17.8 Å². The monoisotopic (exact) mass is 343 g/mol. The van der Waals surface area contributed by atoms with Gasteiger partial charge in [0.15, 0.2) is 0 Å². The molecule has 0 fully saturated rings. The Hall–Kier alpha value is -2.41. The van der Waals surface area contributed by atoms with E-state index in [1.54, 1.807) is 18.6 Å². The summed E-state index contributed by atoms with van der Waals surface area (Å²) in [6.45, 7) is 6.99. The maximum atomic E-state index is 12.5. The number of fused-ring (bicyclic) bond motifs is 1. The van der Waals surface area contributed by atoms with Crippen LogP contribution in [0.2, 0.25) is 0 Å². The molecule has 0 aromatic carbocycles. The Labute approximate surface area is 148 Å². The van der Waals surface area contributed by atoms with Crippen molar-refractivity contribution >= 4 is 6.03 Å². The first-order valence-corrected chi connectivity index (χ1v) is 8.64. The van der Waals surface area contributed by atoms with Gasteiger partial charge in [0.1, 0.15) is 0 Å². The standard InChI is InChI=1S/C18H25N5O2/c1-14(2)21-18(24)22-9-16(10-23-17(11-22)5-7-20-23)13-25-12-15-4-3-6-19-8-15/h3-8,14,16H,9-13H2,1-2H3,(H,21,24)/t16-/m0/s1. The number of carbonyl (C=O) groups is 1. The lowest BCUT2D eigenvalue weighted by molar-refractivity contribution is 0.0706. The summed E-state index contributed by atoms with van der Waals surface area (Å²) in [5, 5.41) is 7.35. The topological polar surface area (TPSA) is 72.3 Å². The summed E-state index contributed by atoms with van der Waals surface area (Å²) in [7, 11) is 0. The van der Waals surface area contributed by atoms with Crippen molar-refractivity contribution in [2.45, 2.75) is 39.6 Å². The van der Waals surface area contributed by atoms with Crippen LogP contribution in [0.5, 0.6) is 0 Å². The van der Waals surface area contributed by atoms with E-state index in [4.69, 9.17) is 4.74 Å². The van der Waals surface area contributed by atoms with Crippen molar-refractivity contribution in [3.8, 4) is 0 Å². The number of amides is 2. The van der Waals surface area contributed by atoms with Gasteiger partial charge in [0.05, 0.1) is 25.5 Å². The van der Waals surface area contributed by atoms with E-state index in [1.165, 1.54) is 0 Å². The second-order valence-electron chi connectivity index (χ2n) is 6.73. The quantitative estimate of drug-likeness (QED) is 0.902. The van der Waals surface area contributed by atoms with Crippen molar-refractivity contribution in [3.63, 3.8) is 0 Å². The minimum atomic E-state index is -0.0399. The van der Waals surface area contributed by atoms with E-state index in [2.05, 4.69) is 15.4 Å². The molecular formula is C18H25N5O2. The minimum Gasteiger partial charge on any atom is -0.376 e. The van der Waals surface area contributed by atoms with E-state index >= 15 is 0 Å². The van der Waals surface area contributed by atoms with Crippen LogP contribution in [0.1, 0.15) is 25.1 Å². The number of pyridine rings is 1. The summed E-state index contributed by atoms with van der Waals surface area (Å²) in [4.78, 5) is 18.4. The fourth-order valence-corrected chi connectivity index (χ4v) is 2.96. The van der Waals surface area contributed by atoms with Gasteiger partial charge in [-0.05, 0) is 31.5 Å². The molecule has 2 aromatic rings. The first kappa shape index (κ1) is 17.4. The van der Waals surface area contributed by atoms with Crippen LogP contribution in [0.3, 0.4) is 0 Å². The molecule has 7 heteroatoms. The number of hydrogen-bond donors (Lipinski definition) is 1. The molecule has 3 rings (SSSR count). The molecular weight excluding hydrogens is 318 g/mol. The molecule has 0 bridgehead atoms. The highest BCUT2D eigenvalue weighted by Crippen LogP contribution is 2.17. The Balaban J connectivity index is 1.63. The van der Waals surface area contributed by atoms with Crippen LogP contribution >= 0.6 is 0 Å². The maximum Gasteiger partial charge on any atom is 0.317 e. The number of carbonyl (C=O) groups excluding carboxylic acids is 1. The van der Waals surface area contributed by atoms with Crippen molar-refractivity contribution in [2.24, 2.45) is 5.92 Å². The fraction of sp³-hybridized carbons (Fsp3) is 0.500. The van der Waals surface area contributed by atoms with Crippen molar-refractivity contribution in [2.75, 3.05) is 13.2 Å². The van der Waals surface area contributed by atoms with Gasteiger partial charge in [-0.1, -0.05) is 6.07 Å². The Morgan fingerprint density at radius 1 is 1.36 bits per heavy atom. The van der Waals surface area contributed by atoms with Gasteiger partial charge in [-0.2, -0.15) is 5.10 Å². The van der Waals surface area contributed by atoms with E-state index in [0.29, 0.717) is 26.3 Å². The molecule has 1 aliphatic heterocycles. The number of nitrogens with zero attached hydrogens (tertiary/aromatic N) is 4. The highest BCUT2D eigenvalue weighted by molar-refractivity contribution is 5.74.